The van der Waals surface area contributed by atoms with Gasteiger partial charge in [-0.2, -0.15) is 0 Å². The van der Waals surface area contributed by atoms with Crippen LogP contribution in [0.1, 0.15) is 16.1 Å². The van der Waals surface area contributed by atoms with E-state index in [0.717, 1.165) is 22.8 Å². The lowest BCUT2D eigenvalue weighted by atomic mass is 10.2. The average Bonchev–Trinajstić information content (AvgIpc) is 2.61. The predicted octanol–water partition coefficient (Wildman–Crippen LogP) is 2.32. The van der Waals surface area contributed by atoms with Gasteiger partial charge in [0.2, 0.25) is 0 Å². The second kappa shape index (κ2) is 4.72. The molecular weight excluding hydrogens is 218 g/mol. The van der Waals surface area contributed by atoms with Crippen LogP contribution in [-0.2, 0) is 6.42 Å². The summed E-state index contributed by atoms with van der Waals surface area (Å²) >= 11 is 1.69. The zero-order chi connectivity index (χ0) is 11.5. The van der Waals surface area contributed by atoms with Crippen LogP contribution in [0.3, 0.4) is 0 Å². The van der Waals surface area contributed by atoms with Crippen molar-refractivity contribution in [1.82, 2.24) is 9.97 Å². The number of nitrogens with zero attached hydrogens (tertiary/aromatic N) is 2. The number of nitrogens with two attached hydrogens (primary N) is 1. The van der Waals surface area contributed by atoms with E-state index in [-0.39, 0.29) is 0 Å². The van der Waals surface area contributed by atoms with Gasteiger partial charge in [0.1, 0.15) is 5.01 Å². The molecule has 0 amide bonds. The maximum absolute atomic E-state index is 5.56. The van der Waals surface area contributed by atoms with Gasteiger partial charge in [0, 0.05) is 11.1 Å². The van der Waals surface area contributed by atoms with E-state index in [0.29, 0.717) is 6.54 Å². The van der Waals surface area contributed by atoms with Crippen molar-refractivity contribution in [2.75, 3.05) is 6.54 Å². The van der Waals surface area contributed by atoms with E-state index in [1.807, 2.05) is 19.2 Å². The zero-order valence-corrected chi connectivity index (χ0v) is 10.3. The molecule has 0 saturated carbocycles. The largest absolute Gasteiger partial charge is 0.330 e. The van der Waals surface area contributed by atoms with E-state index in [1.54, 1.807) is 11.3 Å². The number of pyridine rings is 1. The van der Waals surface area contributed by atoms with Gasteiger partial charge < -0.3 is 5.73 Å². The predicted molar refractivity (Wildman–Crippen MR) is 67.6 cm³/mol. The molecule has 2 N–H and O–H groups in total. The van der Waals surface area contributed by atoms with Crippen LogP contribution in [0, 0.1) is 13.8 Å². The van der Waals surface area contributed by atoms with E-state index in [9.17, 15) is 0 Å². The van der Waals surface area contributed by atoms with Crippen molar-refractivity contribution in [2.24, 2.45) is 5.73 Å². The van der Waals surface area contributed by atoms with Crippen molar-refractivity contribution < 1.29 is 0 Å². The number of thiazole rings is 1. The van der Waals surface area contributed by atoms with Crippen molar-refractivity contribution >= 4 is 11.3 Å². The third-order valence-electron chi connectivity index (χ3n) is 2.40. The lowest BCUT2D eigenvalue weighted by Crippen LogP contribution is -2.01. The number of hydrogen-bond acceptors (Lipinski definition) is 4. The van der Waals surface area contributed by atoms with Crippen LogP contribution < -0.4 is 5.73 Å². The second-order valence-electron chi connectivity index (χ2n) is 3.78. The summed E-state index contributed by atoms with van der Waals surface area (Å²) in [4.78, 5) is 10.1. The number of rotatable bonds is 3. The molecule has 2 rings (SSSR count). The summed E-state index contributed by atoms with van der Waals surface area (Å²) in [5.41, 5.74) is 8.80. The molecule has 2 aromatic heterocycles. The van der Waals surface area contributed by atoms with Gasteiger partial charge in [0.15, 0.2) is 0 Å². The molecule has 0 unspecified atom stereocenters. The summed E-state index contributed by atoms with van der Waals surface area (Å²) in [5, 5.41) is 0.990. The highest BCUT2D eigenvalue weighted by molar-refractivity contribution is 7.15. The Kier molecular flexibility index (Phi) is 3.31. The van der Waals surface area contributed by atoms with Crippen LogP contribution in [0.15, 0.2) is 18.3 Å². The smallest absolute Gasteiger partial charge is 0.142 e. The number of hydrogen-bond donors (Lipinski definition) is 1. The second-order valence-corrected chi connectivity index (χ2v) is 4.87. The van der Waals surface area contributed by atoms with Crippen LogP contribution in [0.5, 0.6) is 0 Å². The number of aryl methyl sites for hydroxylation is 2. The topological polar surface area (TPSA) is 51.8 Å². The first kappa shape index (κ1) is 11.2. The molecule has 0 atom stereocenters. The summed E-state index contributed by atoms with van der Waals surface area (Å²) in [6, 6.07) is 4.05. The molecule has 0 spiro atoms. The molecule has 0 bridgehead atoms. The summed E-state index contributed by atoms with van der Waals surface area (Å²) < 4.78 is 0. The molecule has 0 aliphatic carbocycles. The Labute approximate surface area is 99.4 Å². The molecule has 16 heavy (non-hydrogen) atoms. The Morgan fingerprint density at radius 2 is 2.19 bits per heavy atom. The van der Waals surface area contributed by atoms with Gasteiger partial charge in [0.25, 0.3) is 0 Å². The molecule has 3 nitrogen and oxygen atoms in total. The molecule has 0 fully saturated rings. The molecule has 2 aromatic rings. The van der Waals surface area contributed by atoms with Gasteiger partial charge in [-0.3, -0.25) is 4.98 Å². The minimum Gasteiger partial charge on any atom is -0.330 e. The van der Waals surface area contributed by atoms with Gasteiger partial charge in [-0.15, -0.1) is 11.3 Å². The minimum atomic E-state index is 0.670. The molecule has 2 heterocycles. The zero-order valence-electron chi connectivity index (χ0n) is 9.53. The Bertz CT molecular complexity index is 491. The first-order valence-electron chi connectivity index (χ1n) is 5.30. The minimum absolute atomic E-state index is 0.670. The molecule has 0 radical (unpaired) electrons. The fraction of sp³-hybridized carbons (Fsp3) is 0.333. The molecule has 0 saturated heterocycles. The van der Waals surface area contributed by atoms with Crippen LogP contribution in [-0.4, -0.2) is 16.5 Å². The van der Waals surface area contributed by atoms with Gasteiger partial charge in [-0.05, 0) is 44.5 Å². The molecule has 0 aromatic carbocycles. The summed E-state index contributed by atoms with van der Waals surface area (Å²) in [6.45, 7) is 4.76. The molecule has 4 heteroatoms. The van der Waals surface area contributed by atoms with Crippen LogP contribution in [0.25, 0.3) is 10.7 Å². The lowest BCUT2D eigenvalue weighted by Gasteiger charge is -1.96. The Morgan fingerprint density at radius 3 is 2.88 bits per heavy atom. The Hall–Kier alpha value is -1.26. The highest BCUT2D eigenvalue weighted by atomic mass is 32.1. The Balaban J connectivity index is 2.37. The third-order valence-corrected chi connectivity index (χ3v) is 3.64. The third kappa shape index (κ3) is 2.28. The van der Waals surface area contributed by atoms with Crippen LogP contribution in [0.2, 0.25) is 0 Å². The fourth-order valence-electron chi connectivity index (χ4n) is 1.55. The first-order chi connectivity index (χ1) is 7.70. The van der Waals surface area contributed by atoms with Gasteiger partial charge in [-0.1, -0.05) is 0 Å². The van der Waals surface area contributed by atoms with E-state index < -0.39 is 0 Å². The molecule has 0 aliphatic rings. The quantitative estimate of drug-likeness (QED) is 0.885. The SMILES string of the molecule is Cc1ccnc(-c2nc(C)c(CCN)s2)c1. The van der Waals surface area contributed by atoms with Gasteiger partial charge >= 0.3 is 0 Å². The van der Waals surface area contributed by atoms with Crippen LogP contribution >= 0.6 is 11.3 Å². The molecule has 84 valence electrons. The van der Waals surface area contributed by atoms with E-state index in [1.165, 1.54) is 10.4 Å². The standard InChI is InChI=1S/C12H15N3S/c1-8-4-6-14-10(7-8)12-15-9(2)11(16-12)3-5-13/h4,6-7H,3,5,13H2,1-2H3. The van der Waals surface area contributed by atoms with E-state index >= 15 is 0 Å². The average molecular weight is 233 g/mol. The van der Waals surface area contributed by atoms with Crippen molar-refractivity contribution in [3.05, 3.63) is 34.5 Å². The fourth-order valence-corrected chi connectivity index (χ4v) is 2.60. The summed E-state index contributed by atoms with van der Waals surface area (Å²) in [5.74, 6) is 0. The van der Waals surface area contributed by atoms with E-state index in [4.69, 9.17) is 5.73 Å². The van der Waals surface area contributed by atoms with Crippen molar-refractivity contribution in [1.29, 1.82) is 0 Å². The summed E-state index contributed by atoms with van der Waals surface area (Å²) in [7, 11) is 0. The van der Waals surface area contributed by atoms with Gasteiger partial charge in [-0.25, -0.2) is 4.98 Å². The molecular formula is C12H15N3S. The lowest BCUT2D eigenvalue weighted by molar-refractivity contribution is 0.970. The summed E-state index contributed by atoms with van der Waals surface area (Å²) in [6.07, 6.45) is 2.72. The first-order valence-corrected chi connectivity index (χ1v) is 6.11. The van der Waals surface area contributed by atoms with Crippen molar-refractivity contribution in [2.45, 2.75) is 20.3 Å². The van der Waals surface area contributed by atoms with Crippen molar-refractivity contribution in [3.63, 3.8) is 0 Å². The maximum atomic E-state index is 5.56. The van der Waals surface area contributed by atoms with Gasteiger partial charge in [0.05, 0.1) is 11.4 Å². The monoisotopic (exact) mass is 233 g/mol. The number of aromatic nitrogens is 2. The van der Waals surface area contributed by atoms with Crippen LogP contribution in [0.4, 0.5) is 0 Å². The molecule has 0 aliphatic heterocycles. The van der Waals surface area contributed by atoms with E-state index in [2.05, 4.69) is 23.0 Å². The van der Waals surface area contributed by atoms with Crippen molar-refractivity contribution in [3.8, 4) is 10.7 Å². The maximum Gasteiger partial charge on any atom is 0.142 e. The normalized spacial score (nSPS) is 10.7. The highest BCUT2D eigenvalue weighted by Gasteiger charge is 2.09. The highest BCUT2D eigenvalue weighted by Crippen LogP contribution is 2.26. The Morgan fingerprint density at radius 1 is 1.38 bits per heavy atom.